The van der Waals surface area contributed by atoms with Crippen LogP contribution < -0.4 is 10.6 Å². The number of carbonyl (C=O) groups excluding carboxylic acids is 1. The Kier molecular flexibility index (Phi) is 5.17. The van der Waals surface area contributed by atoms with Crippen molar-refractivity contribution in [3.05, 3.63) is 20.8 Å². The van der Waals surface area contributed by atoms with Gasteiger partial charge in [-0.05, 0) is 34.3 Å². The number of hydrogen-bond donors (Lipinski definition) is 2. The normalized spacial score (nSPS) is 20.9. The second-order valence-electron chi connectivity index (χ2n) is 4.28. The summed E-state index contributed by atoms with van der Waals surface area (Å²) in [4.78, 5) is 15.6. The van der Waals surface area contributed by atoms with Crippen LogP contribution >= 0.6 is 27.3 Å². The molecule has 100 valence electrons. The van der Waals surface area contributed by atoms with Gasteiger partial charge in [0, 0.05) is 42.1 Å². The van der Waals surface area contributed by atoms with Crippen molar-refractivity contribution in [3.8, 4) is 0 Å². The zero-order valence-electron chi connectivity index (χ0n) is 10.4. The van der Waals surface area contributed by atoms with Crippen molar-refractivity contribution in [2.24, 2.45) is 0 Å². The summed E-state index contributed by atoms with van der Waals surface area (Å²) in [6.07, 6.45) is 0. The highest BCUT2D eigenvalue weighted by atomic mass is 79.9. The van der Waals surface area contributed by atoms with Crippen LogP contribution in [0.3, 0.4) is 0 Å². The number of carbonyl (C=O) groups is 1. The molecular formula is C12H18BrN3OS. The van der Waals surface area contributed by atoms with E-state index in [-0.39, 0.29) is 11.9 Å². The third-order valence-electron chi connectivity index (χ3n) is 3.05. The number of halogens is 1. The third-order valence-corrected chi connectivity index (χ3v) is 4.96. The molecule has 0 radical (unpaired) electrons. The number of rotatable bonds is 4. The van der Waals surface area contributed by atoms with Crippen molar-refractivity contribution >= 4 is 33.2 Å². The first-order chi connectivity index (χ1) is 8.72. The van der Waals surface area contributed by atoms with Gasteiger partial charge in [-0.25, -0.2) is 0 Å². The van der Waals surface area contributed by atoms with Gasteiger partial charge in [-0.1, -0.05) is 0 Å². The first kappa shape index (κ1) is 14.0. The second-order valence-corrected chi connectivity index (χ2v) is 6.13. The lowest BCUT2D eigenvalue weighted by molar-refractivity contribution is -0.127. The number of amides is 1. The summed E-state index contributed by atoms with van der Waals surface area (Å²) in [5, 5.41) is 8.27. The Balaban J connectivity index is 2.04. The largest absolute Gasteiger partial charge is 0.355 e. The van der Waals surface area contributed by atoms with Gasteiger partial charge in [0.2, 0.25) is 5.91 Å². The molecule has 0 bridgehead atoms. The minimum Gasteiger partial charge on any atom is -0.355 e. The van der Waals surface area contributed by atoms with Gasteiger partial charge in [0.25, 0.3) is 0 Å². The zero-order chi connectivity index (χ0) is 13.0. The van der Waals surface area contributed by atoms with Crippen LogP contribution in [0.4, 0.5) is 0 Å². The van der Waals surface area contributed by atoms with Crippen molar-refractivity contribution in [3.63, 3.8) is 0 Å². The maximum atomic E-state index is 12.0. The molecule has 1 aromatic rings. The summed E-state index contributed by atoms with van der Waals surface area (Å²) < 4.78 is 1.14. The average Bonchev–Trinajstić information content (AvgIpc) is 2.76. The van der Waals surface area contributed by atoms with Crippen LogP contribution in [-0.2, 0) is 11.3 Å². The van der Waals surface area contributed by atoms with Gasteiger partial charge in [0.15, 0.2) is 0 Å². The van der Waals surface area contributed by atoms with Gasteiger partial charge in [-0.3, -0.25) is 9.69 Å². The number of piperazine rings is 1. The summed E-state index contributed by atoms with van der Waals surface area (Å²) >= 11 is 5.28. The lowest BCUT2D eigenvalue weighted by Crippen LogP contribution is -2.57. The molecule has 0 saturated carbocycles. The van der Waals surface area contributed by atoms with Crippen LogP contribution in [0, 0.1) is 0 Å². The SMILES string of the molecule is CCNC(=O)C1CNCCN1Cc1sccc1Br. The van der Waals surface area contributed by atoms with Crippen molar-refractivity contribution in [1.82, 2.24) is 15.5 Å². The van der Waals surface area contributed by atoms with Crippen molar-refractivity contribution in [2.75, 3.05) is 26.2 Å². The van der Waals surface area contributed by atoms with E-state index in [0.717, 1.165) is 30.7 Å². The average molecular weight is 332 g/mol. The van der Waals surface area contributed by atoms with Gasteiger partial charge < -0.3 is 10.6 Å². The van der Waals surface area contributed by atoms with Gasteiger partial charge >= 0.3 is 0 Å². The first-order valence-electron chi connectivity index (χ1n) is 6.16. The topological polar surface area (TPSA) is 44.4 Å². The summed E-state index contributed by atoms with van der Waals surface area (Å²) in [6, 6.07) is 2.00. The van der Waals surface area contributed by atoms with Gasteiger partial charge in [-0.15, -0.1) is 11.3 Å². The molecule has 2 N–H and O–H groups in total. The highest BCUT2D eigenvalue weighted by Crippen LogP contribution is 2.25. The van der Waals surface area contributed by atoms with Crippen LogP contribution in [0.25, 0.3) is 0 Å². The van der Waals surface area contributed by atoms with E-state index < -0.39 is 0 Å². The van der Waals surface area contributed by atoms with E-state index in [2.05, 4.69) is 42.9 Å². The minimum absolute atomic E-state index is 0.0623. The summed E-state index contributed by atoms with van der Waals surface area (Å²) in [5.41, 5.74) is 0. The van der Waals surface area contributed by atoms with Crippen LogP contribution in [0.5, 0.6) is 0 Å². The molecule has 2 rings (SSSR count). The lowest BCUT2D eigenvalue weighted by atomic mass is 10.1. The van der Waals surface area contributed by atoms with Crippen molar-refractivity contribution in [1.29, 1.82) is 0 Å². The van der Waals surface area contributed by atoms with Crippen LogP contribution in [0.1, 0.15) is 11.8 Å². The fraction of sp³-hybridized carbons (Fsp3) is 0.583. The number of nitrogens with one attached hydrogen (secondary N) is 2. The van der Waals surface area contributed by atoms with Crippen molar-refractivity contribution < 1.29 is 4.79 Å². The standard InChI is InChI=1S/C12H18BrN3OS/c1-2-15-12(17)10-7-14-4-5-16(10)8-11-9(13)3-6-18-11/h3,6,10,14H,2,4-5,7-8H2,1H3,(H,15,17). The Morgan fingerprint density at radius 3 is 3.22 bits per heavy atom. The molecule has 6 heteroatoms. The quantitative estimate of drug-likeness (QED) is 0.877. The summed E-state index contributed by atoms with van der Waals surface area (Å²) in [6.45, 7) is 6.06. The molecule has 1 unspecified atom stereocenters. The molecule has 4 nitrogen and oxygen atoms in total. The summed E-state index contributed by atoms with van der Waals surface area (Å²) in [7, 11) is 0. The zero-order valence-corrected chi connectivity index (χ0v) is 12.8. The molecule has 1 aromatic heterocycles. The van der Waals surface area contributed by atoms with E-state index in [0.29, 0.717) is 6.54 Å². The molecule has 1 aliphatic rings. The van der Waals surface area contributed by atoms with Crippen LogP contribution in [0.2, 0.25) is 0 Å². The molecule has 1 amide bonds. The highest BCUT2D eigenvalue weighted by Gasteiger charge is 2.28. The smallest absolute Gasteiger partial charge is 0.238 e. The predicted octanol–water partition coefficient (Wildman–Crippen LogP) is 1.42. The summed E-state index contributed by atoms with van der Waals surface area (Å²) in [5.74, 6) is 0.123. The van der Waals surface area contributed by atoms with E-state index >= 15 is 0 Å². The molecule has 18 heavy (non-hydrogen) atoms. The Morgan fingerprint density at radius 1 is 1.72 bits per heavy atom. The molecule has 1 atom stereocenters. The van der Waals surface area contributed by atoms with E-state index in [1.165, 1.54) is 4.88 Å². The lowest BCUT2D eigenvalue weighted by Gasteiger charge is -2.34. The Morgan fingerprint density at radius 2 is 2.56 bits per heavy atom. The molecule has 1 saturated heterocycles. The number of likely N-dealkylation sites (N-methyl/N-ethyl adjacent to an activating group) is 1. The first-order valence-corrected chi connectivity index (χ1v) is 7.84. The fourth-order valence-corrected chi connectivity index (χ4v) is 3.61. The van der Waals surface area contributed by atoms with Crippen molar-refractivity contribution in [2.45, 2.75) is 19.5 Å². The van der Waals surface area contributed by atoms with E-state index in [1.54, 1.807) is 11.3 Å². The Hall–Kier alpha value is -0.430. The third kappa shape index (κ3) is 3.32. The number of nitrogens with zero attached hydrogens (tertiary/aromatic N) is 1. The molecule has 1 fully saturated rings. The molecule has 2 heterocycles. The van der Waals surface area contributed by atoms with E-state index in [4.69, 9.17) is 0 Å². The Bertz CT molecular complexity index is 410. The van der Waals surface area contributed by atoms with Crippen LogP contribution in [0.15, 0.2) is 15.9 Å². The monoisotopic (exact) mass is 331 g/mol. The minimum atomic E-state index is -0.0623. The van der Waals surface area contributed by atoms with Gasteiger partial charge in [0.1, 0.15) is 6.04 Å². The molecule has 1 aliphatic heterocycles. The number of thiophene rings is 1. The van der Waals surface area contributed by atoms with E-state index in [9.17, 15) is 4.79 Å². The van der Waals surface area contributed by atoms with Gasteiger partial charge in [-0.2, -0.15) is 0 Å². The predicted molar refractivity (Wildman–Crippen MR) is 77.8 cm³/mol. The number of hydrogen-bond acceptors (Lipinski definition) is 4. The van der Waals surface area contributed by atoms with Gasteiger partial charge in [0.05, 0.1) is 0 Å². The molecule has 0 aliphatic carbocycles. The Labute approximate surface area is 120 Å². The van der Waals surface area contributed by atoms with E-state index in [1.807, 2.05) is 6.92 Å². The van der Waals surface area contributed by atoms with Crippen LogP contribution in [-0.4, -0.2) is 43.0 Å². The maximum Gasteiger partial charge on any atom is 0.238 e. The maximum absolute atomic E-state index is 12.0. The highest BCUT2D eigenvalue weighted by molar-refractivity contribution is 9.10. The molecule has 0 spiro atoms. The molecule has 0 aromatic carbocycles. The second kappa shape index (κ2) is 6.65. The molecular weight excluding hydrogens is 314 g/mol. The fourth-order valence-electron chi connectivity index (χ4n) is 2.11.